The summed E-state index contributed by atoms with van der Waals surface area (Å²) < 4.78 is 12.2. The summed E-state index contributed by atoms with van der Waals surface area (Å²) in [6.07, 6.45) is 0. The van der Waals surface area contributed by atoms with Crippen LogP contribution >= 0.6 is 27.7 Å². The Hall–Kier alpha value is -1.79. The Balaban J connectivity index is 1.76. The van der Waals surface area contributed by atoms with Gasteiger partial charge in [-0.15, -0.1) is 10.2 Å². The molecule has 6 heteroatoms. The van der Waals surface area contributed by atoms with Crippen LogP contribution in [-0.4, -0.2) is 17.3 Å². The number of thioether (sulfide) groups is 1. The lowest BCUT2D eigenvalue weighted by atomic mass is 10.1. The van der Waals surface area contributed by atoms with Crippen LogP contribution in [0.25, 0.3) is 11.5 Å². The summed E-state index contributed by atoms with van der Waals surface area (Å²) in [5.74, 6) is 2.09. The van der Waals surface area contributed by atoms with Crippen molar-refractivity contribution in [1.82, 2.24) is 10.2 Å². The maximum Gasteiger partial charge on any atom is 0.277 e. The van der Waals surface area contributed by atoms with Crippen LogP contribution in [0, 0.1) is 13.8 Å². The molecule has 0 atom stereocenters. The van der Waals surface area contributed by atoms with Crippen LogP contribution in [0.3, 0.4) is 0 Å². The molecule has 0 aliphatic rings. The highest BCUT2D eigenvalue weighted by atomic mass is 79.9. The number of aromatic nitrogens is 2. The van der Waals surface area contributed by atoms with Crippen molar-refractivity contribution in [2.24, 2.45) is 0 Å². The minimum Gasteiger partial charge on any atom is -0.496 e. The number of methoxy groups -OCH3 is 1. The van der Waals surface area contributed by atoms with Crippen molar-refractivity contribution in [3.05, 3.63) is 57.6 Å². The predicted octanol–water partition coefficient (Wildman–Crippen LogP) is 5.42. The van der Waals surface area contributed by atoms with Crippen LogP contribution in [-0.2, 0) is 5.75 Å². The van der Waals surface area contributed by atoms with Crippen LogP contribution in [0.15, 0.2) is 50.5 Å². The number of hydrogen-bond acceptors (Lipinski definition) is 5. The molecule has 2 aromatic carbocycles. The average Bonchev–Trinajstić information content (AvgIpc) is 3.01. The van der Waals surface area contributed by atoms with E-state index in [1.54, 1.807) is 7.11 Å². The number of rotatable bonds is 5. The Bertz CT molecular complexity index is 844. The monoisotopic (exact) mass is 404 g/mol. The summed E-state index contributed by atoms with van der Waals surface area (Å²) in [6, 6.07) is 12.1. The highest BCUT2D eigenvalue weighted by Crippen LogP contribution is 2.31. The first kappa shape index (κ1) is 17.0. The molecule has 0 saturated carbocycles. The Morgan fingerprint density at radius 1 is 1.08 bits per heavy atom. The van der Waals surface area contributed by atoms with Gasteiger partial charge in [0, 0.05) is 21.4 Å². The number of aryl methyl sites for hydroxylation is 2. The molecule has 1 aromatic heterocycles. The van der Waals surface area contributed by atoms with Gasteiger partial charge in [-0.2, -0.15) is 0 Å². The van der Waals surface area contributed by atoms with E-state index in [0.29, 0.717) is 16.9 Å². The maximum absolute atomic E-state index is 5.79. The van der Waals surface area contributed by atoms with Gasteiger partial charge in [0.2, 0.25) is 5.89 Å². The maximum atomic E-state index is 5.79. The molecule has 0 unspecified atom stereocenters. The summed E-state index contributed by atoms with van der Waals surface area (Å²) in [4.78, 5) is 0. The second kappa shape index (κ2) is 7.40. The standard InChI is InChI=1S/C18H17BrN2O2S/c1-11-6-12(2)8-13(7-11)17-20-21-18(23-17)24-10-14-9-15(19)4-5-16(14)22-3/h4-9H,10H2,1-3H3. The zero-order valence-corrected chi connectivity index (χ0v) is 16.1. The normalized spacial score (nSPS) is 10.8. The lowest BCUT2D eigenvalue weighted by Gasteiger charge is -2.07. The van der Waals surface area contributed by atoms with E-state index in [4.69, 9.17) is 9.15 Å². The molecule has 0 fully saturated rings. The first-order valence-corrected chi connectivity index (χ1v) is 9.20. The third kappa shape index (κ3) is 3.99. The van der Waals surface area contributed by atoms with Gasteiger partial charge in [-0.05, 0) is 44.2 Å². The van der Waals surface area contributed by atoms with E-state index in [9.17, 15) is 0 Å². The molecule has 0 aliphatic carbocycles. The molecule has 4 nitrogen and oxygen atoms in total. The van der Waals surface area contributed by atoms with E-state index in [0.717, 1.165) is 21.3 Å². The molecule has 0 aliphatic heterocycles. The summed E-state index contributed by atoms with van der Waals surface area (Å²) in [5, 5.41) is 8.85. The predicted molar refractivity (Wildman–Crippen MR) is 99.5 cm³/mol. The van der Waals surface area contributed by atoms with Crippen molar-refractivity contribution in [2.45, 2.75) is 24.8 Å². The molecule has 0 N–H and O–H groups in total. The van der Waals surface area contributed by atoms with E-state index in [1.165, 1.54) is 22.9 Å². The van der Waals surface area contributed by atoms with Crippen molar-refractivity contribution >= 4 is 27.7 Å². The third-order valence-corrected chi connectivity index (χ3v) is 4.83. The molecule has 124 valence electrons. The van der Waals surface area contributed by atoms with Gasteiger partial charge < -0.3 is 9.15 Å². The molecule has 0 spiro atoms. The Morgan fingerprint density at radius 3 is 2.54 bits per heavy atom. The first-order chi connectivity index (χ1) is 11.5. The Labute approximate surface area is 153 Å². The van der Waals surface area contributed by atoms with Gasteiger partial charge in [-0.1, -0.05) is 44.9 Å². The van der Waals surface area contributed by atoms with Crippen molar-refractivity contribution in [3.63, 3.8) is 0 Å². The van der Waals surface area contributed by atoms with Gasteiger partial charge >= 0.3 is 0 Å². The SMILES string of the molecule is COc1ccc(Br)cc1CSc1nnc(-c2cc(C)cc(C)c2)o1. The van der Waals surface area contributed by atoms with Gasteiger partial charge in [-0.25, -0.2) is 0 Å². The van der Waals surface area contributed by atoms with Crippen molar-refractivity contribution in [3.8, 4) is 17.2 Å². The lowest BCUT2D eigenvalue weighted by molar-refractivity contribution is 0.411. The Morgan fingerprint density at radius 2 is 1.83 bits per heavy atom. The van der Waals surface area contributed by atoms with E-state index in [2.05, 4.69) is 46.0 Å². The van der Waals surface area contributed by atoms with E-state index in [1.807, 2.05) is 30.3 Å². The molecule has 1 heterocycles. The van der Waals surface area contributed by atoms with E-state index >= 15 is 0 Å². The fraction of sp³-hybridized carbons (Fsp3) is 0.222. The lowest BCUT2D eigenvalue weighted by Crippen LogP contribution is -1.90. The third-order valence-electron chi connectivity index (χ3n) is 3.47. The molecular formula is C18H17BrN2O2S. The largest absolute Gasteiger partial charge is 0.496 e. The van der Waals surface area contributed by atoms with Gasteiger partial charge in [0.15, 0.2) is 0 Å². The van der Waals surface area contributed by atoms with Crippen LogP contribution in [0.5, 0.6) is 5.75 Å². The van der Waals surface area contributed by atoms with Gasteiger partial charge in [0.1, 0.15) is 5.75 Å². The fourth-order valence-corrected chi connectivity index (χ4v) is 3.63. The number of halogens is 1. The van der Waals surface area contributed by atoms with Crippen LogP contribution < -0.4 is 4.74 Å². The number of hydrogen-bond donors (Lipinski definition) is 0. The van der Waals surface area contributed by atoms with Crippen molar-refractivity contribution < 1.29 is 9.15 Å². The minimum absolute atomic E-state index is 0.547. The zero-order chi connectivity index (χ0) is 17.1. The summed E-state index contributed by atoms with van der Waals surface area (Å²) in [5.41, 5.74) is 4.38. The molecule has 0 amide bonds. The molecule has 24 heavy (non-hydrogen) atoms. The number of ether oxygens (including phenoxy) is 1. The topological polar surface area (TPSA) is 48.2 Å². The molecule has 0 radical (unpaired) electrons. The van der Waals surface area contributed by atoms with Gasteiger partial charge in [-0.3, -0.25) is 0 Å². The average molecular weight is 405 g/mol. The van der Waals surface area contributed by atoms with E-state index in [-0.39, 0.29) is 0 Å². The Kier molecular flexibility index (Phi) is 5.26. The molecule has 3 rings (SSSR count). The zero-order valence-electron chi connectivity index (χ0n) is 13.7. The molecular weight excluding hydrogens is 388 g/mol. The van der Waals surface area contributed by atoms with Gasteiger partial charge in [0.05, 0.1) is 7.11 Å². The highest BCUT2D eigenvalue weighted by Gasteiger charge is 2.12. The molecule has 0 saturated heterocycles. The quantitative estimate of drug-likeness (QED) is 0.531. The minimum atomic E-state index is 0.547. The fourth-order valence-electron chi connectivity index (χ4n) is 2.48. The number of nitrogens with zero attached hydrogens (tertiary/aromatic N) is 2. The van der Waals surface area contributed by atoms with E-state index < -0.39 is 0 Å². The van der Waals surface area contributed by atoms with Crippen LogP contribution in [0.4, 0.5) is 0 Å². The van der Waals surface area contributed by atoms with Crippen molar-refractivity contribution in [2.75, 3.05) is 7.11 Å². The summed E-state index contributed by atoms with van der Waals surface area (Å²) >= 11 is 4.98. The molecule has 3 aromatic rings. The first-order valence-electron chi connectivity index (χ1n) is 7.42. The van der Waals surface area contributed by atoms with Crippen molar-refractivity contribution in [1.29, 1.82) is 0 Å². The summed E-state index contributed by atoms with van der Waals surface area (Å²) in [6.45, 7) is 4.12. The highest BCUT2D eigenvalue weighted by molar-refractivity contribution is 9.10. The van der Waals surface area contributed by atoms with Crippen LogP contribution in [0.2, 0.25) is 0 Å². The summed E-state index contributed by atoms with van der Waals surface area (Å²) in [7, 11) is 1.67. The second-order valence-electron chi connectivity index (χ2n) is 5.49. The van der Waals surface area contributed by atoms with Gasteiger partial charge in [0.25, 0.3) is 5.22 Å². The smallest absolute Gasteiger partial charge is 0.277 e. The van der Waals surface area contributed by atoms with Crippen LogP contribution in [0.1, 0.15) is 16.7 Å². The molecule has 0 bridgehead atoms. The second-order valence-corrected chi connectivity index (χ2v) is 7.34. The number of benzene rings is 2.